The normalized spacial score (nSPS) is 29.8. The number of fused-ring (bicyclic) bond motifs is 1. The highest BCUT2D eigenvalue weighted by Gasteiger charge is 2.51. The van der Waals surface area contributed by atoms with E-state index in [-0.39, 0.29) is 0 Å². The summed E-state index contributed by atoms with van der Waals surface area (Å²) in [6, 6.07) is 10.0. The van der Waals surface area contributed by atoms with Crippen molar-refractivity contribution in [3.05, 3.63) is 47.5 Å². The summed E-state index contributed by atoms with van der Waals surface area (Å²) in [7, 11) is 0. The molecule has 0 spiro atoms. The van der Waals surface area contributed by atoms with Gasteiger partial charge in [-0.3, -0.25) is 0 Å². The van der Waals surface area contributed by atoms with Crippen LogP contribution in [0.2, 0.25) is 0 Å². The molecule has 3 atom stereocenters. The molecular weight excluding hydrogens is 318 g/mol. The van der Waals surface area contributed by atoms with Gasteiger partial charge in [-0.05, 0) is 49.3 Å². The van der Waals surface area contributed by atoms with Crippen LogP contribution in [0.1, 0.15) is 43.2 Å². The van der Waals surface area contributed by atoms with E-state index in [4.69, 9.17) is 10.2 Å². The van der Waals surface area contributed by atoms with E-state index in [9.17, 15) is 9.59 Å². The predicted octanol–water partition coefficient (Wildman–Crippen LogP) is 2.74. The Bertz CT molecular complexity index is 664. The lowest BCUT2D eigenvalue weighted by Gasteiger charge is -2.56. The molecule has 0 amide bonds. The lowest BCUT2D eigenvalue weighted by molar-refractivity contribution is -0.134. The van der Waals surface area contributed by atoms with E-state index >= 15 is 0 Å². The van der Waals surface area contributed by atoms with E-state index in [0.29, 0.717) is 17.6 Å². The molecule has 0 radical (unpaired) electrons. The highest BCUT2D eigenvalue weighted by Crippen LogP contribution is 2.53. The molecular formula is C20H25NO4. The number of carboxylic acids is 2. The minimum Gasteiger partial charge on any atom is -0.478 e. The second-order valence-electron chi connectivity index (χ2n) is 7.19. The Morgan fingerprint density at radius 2 is 1.80 bits per heavy atom. The SMILES string of the molecule is O=C(O)/C=C\C(=O)O.c1ccc2c(c1)C[C@H]1NCC[C@@]23CCCC[C@@H]13. The second kappa shape index (κ2) is 7.40. The molecule has 5 nitrogen and oxygen atoms in total. The largest absolute Gasteiger partial charge is 0.478 e. The third-order valence-corrected chi connectivity index (χ3v) is 5.92. The zero-order valence-corrected chi connectivity index (χ0v) is 14.3. The minimum absolute atomic E-state index is 0.545. The molecule has 2 bridgehead atoms. The molecule has 1 saturated heterocycles. The van der Waals surface area contributed by atoms with E-state index in [1.807, 2.05) is 0 Å². The first-order valence-electron chi connectivity index (χ1n) is 8.98. The Hall–Kier alpha value is -2.14. The summed E-state index contributed by atoms with van der Waals surface area (Å²) in [5, 5.41) is 19.4. The van der Waals surface area contributed by atoms with Crippen molar-refractivity contribution >= 4 is 11.9 Å². The van der Waals surface area contributed by atoms with Crippen LogP contribution in [-0.2, 0) is 21.4 Å². The van der Waals surface area contributed by atoms with E-state index in [0.717, 1.165) is 12.0 Å². The zero-order chi connectivity index (χ0) is 17.9. The van der Waals surface area contributed by atoms with Crippen LogP contribution in [0.4, 0.5) is 0 Å². The van der Waals surface area contributed by atoms with Gasteiger partial charge in [-0.2, -0.15) is 0 Å². The van der Waals surface area contributed by atoms with Crippen LogP contribution in [0.15, 0.2) is 36.4 Å². The zero-order valence-electron chi connectivity index (χ0n) is 14.3. The maximum absolute atomic E-state index is 9.55. The van der Waals surface area contributed by atoms with Gasteiger partial charge in [-0.25, -0.2) is 9.59 Å². The van der Waals surface area contributed by atoms with E-state index in [1.54, 1.807) is 11.1 Å². The molecule has 1 heterocycles. The van der Waals surface area contributed by atoms with Crippen molar-refractivity contribution in [1.29, 1.82) is 0 Å². The molecule has 5 heteroatoms. The number of aliphatic carboxylic acids is 2. The summed E-state index contributed by atoms with van der Waals surface area (Å²) in [6.07, 6.45) is 9.53. The van der Waals surface area contributed by atoms with Crippen molar-refractivity contribution in [3.8, 4) is 0 Å². The fraction of sp³-hybridized carbons (Fsp3) is 0.500. The molecule has 25 heavy (non-hydrogen) atoms. The molecule has 2 aliphatic carbocycles. The number of rotatable bonds is 2. The van der Waals surface area contributed by atoms with Gasteiger partial charge < -0.3 is 15.5 Å². The van der Waals surface area contributed by atoms with Crippen molar-refractivity contribution in [2.24, 2.45) is 5.92 Å². The Morgan fingerprint density at radius 1 is 1.08 bits per heavy atom. The van der Waals surface area contributed by atoms with Gasteiger partial charge in [-0.1, -0.05) is 37.1 Å². The van der Waals surface area contributed by atoms with E-state index < -0.39 is 11.9 Å². The maximum Gasteiger partial charge on any atom is 0.328 e. The summed E-state index contributed by atoms with van der Waals surface area (Å²) >= 11 is 0. The van der Waals surface area contributed by atoms with Crippen LogP contribution in [0.5, 0.6) is 0 Å². The Labute approximate surface area is 147 Å². The van der Waals surface area contributed by atoms with Gasteiger partial charge in [0.25, 0.3) is 0 Å². The first kappa shape index (κ1) is 17.7. The summed E-state index contributed by atoms with van der Waals surface area (Å²) < 4.78 is 0. The number of carbonyl (C=O) groups is 2. The fourth-order valence-electron chi connectivity index (χ4n) is 5.03. The average molecular weight is 343 g/mol. The van der Waals surface area contributed by atoms with Crippen LogP contribution in [-0.4, -0.2) is 34.7 Å². The fourth-order valence-corrected chi connectivity index (χ4v) is 5.03. The first-order chi connectivity index (χ1) is 12.0. The third-order valence-electron chi connectivity index (χ3n) is 5.92. The summed E-state index contributed by atoms with van der Waals surface area (Å²) in [6.45, 7) is 1.23. The predicted molar refractivity (Wildman–Crippen MR) is 94.6 cm³/mol. The summed E-state index contributed by atoms with van der Waals surface area (Å²) in [5.41, 5.74) is 3.88. The molecule has 1 aromatic rings. The van der Waals surface area contributed by atoms with E-state index in [2.05, 4.69) is 29.6 Å². The molecule has 1 aliphatic heterocycles. The molecule has 0 aromatic heterocycles. The van der Waals surface area contributed by atoms with Crippen molar-refractivity contribution < 1.29 is 19.8 Å². The van der Waals surface area contributed by atoms with Gasteiger partial charge in [0, 0.05) is 23.6 Å². The number of hydrogen-bond acceptors (Lipinski definition) is 3. The average Bonchev–Trinajstić information content (AvgIpc) is 2.60. The summed E-state index contributed by atoms with van der Waals surface area (Å²) in [4.78, 5) is 19.1. The number of hydrogen-bond donors (Lipinski definition) is 3. The molecule has 3 aliphatic rings. The number of benzene rings is 1. The van der Waals surface area contributed by atoms with E-state index in [1.165, 1.54) is 45.1 Å². The van der Waals surface area contributed by atoms with Crippen LogP contribution < -0.4 is 5.32 Å². The lowest BCUT2D eigenvalue weighted by Crippen LogP contribution is -2.59. The van der Waals surface area contributed by atoms with Crippen molar-refractivity contribution in [1.82, 2.24) is 5.32 Å². The van der Waals surface area contributed by atoms with Gasteiger partial charge in [0.05, 0.1) is 0 Å². The molecule has 1 saturated carbocycles. The van der Waals surface area contributed by atoms with Crippen LogP contribution >= 0.6 is 0 Å². The van der Waals surface area contributed by atoms with Gasteiger partial charge in [0.15, 0.2) is 0 Å². The van der Waals surface area contributed by atoms with Crippen molar-refractivity contribution in [3.63, 3.8) is 0 Å². The quantitative estimate of drug-likeness (QED) is 0.719. The van der Waals surface area contributed by atoms with Crippen LogP contribution in [0.3, 0.4) is 0 Å². The minimum atomic E-state index is -1.26. The highest BCUT2D eigenvalue weighted by atomic mass is 16.4. The van der Waals surface area contributed by atoms with Crippen LogP contribution in [0.25, 0.3) is 0 Å². The monoisotopic (exact) mass is 343 g/mol. The summed E-state index contributed by atoms with van der Waals surface area (Å²) in [5.74, 6) is -1.60. The number of carboxylic acid groups (broad SMARTS) is 2. The number of piperidine rings is 1. The molecule has 134 valence electrons. The van der Waals surface area contributed by atoms with Gasteiger partial charge in [0.2, 0.25) is 0 Å². The topological polar surface area (TPSA) is 86.6 Å². The van der Waals surface area contributed by atoms with Crippen molar-refractivity contribution in [2.75, 3.05) is 6.54 Å². The van der Waals surface area contributed by atoms with Gasteiger partial charge in [-0.15, -0.1) is 0 Å². The maximum atomic E-state index is 9.55. The third kappa shape index (κ3) is 3.61. The number of nitrogens with one attached hydrogen (secondary N) is 1. The van der Waals surface area contributed by atoms with Crippen molar-refractivity contribution in [2.45, 2.75) is 50.0 Å². The van der Waals surface area contributed by atoms with Crippen LogP contribution in [0, 0.1) is 5.92 Å². The standard InChI is InChI=1S/C16H21N.C4H4O4/c1-2-6-13-12(5-1)11-15-14-7-3-4-8-16(13,14)9-10-17-15;5-3(6)1-2-4(7)8/h1-2,5-6,14-15,17H,3-4,7-11H2;1-2H,(H,5,6)(H,7,8)/b;2-1-/t14-,15+,16-;/m0./s1. The lowest BCUT2D eigenvalue weighted by atomic mass is 9.53. The molecule has 0 unspecified atom stereocenters. The highest BCUT2D eigenvalue weighted by molar-refractivity contribution is 5.89. The van der Waals surface area contributed by atoms with Gasteiger partial charge >= 0.3 is 11.9 Å². The Kier molecular flexibility index (Phi) is 5.23. The first-order valence-corrected chi connectivity index (χ1v) is 8.98. The molecule has 3 N–H and O–H groups in total. The Morgan fingerprint density at radius 3 is 2.52 bits per heavy atom. The smallest absolute Gasteiger partial charge is 0.328 e. The molecule has 4 rings (SSSR count). The molecule has 2 fully saturated rings. The second-order valence-corrected chi connectivity index (χ2v) is 7.19. The molecule has 1 aromatic carbocycles. The van der Waals surface area contributed by atoms with Gasteiger partial charge in [0.1, 0.15) is 0 Å². The Balaban J connectivity index is 0.000000197.